The molecule has 11 heteroatoms. The molecule has 0 aliphatic carbocycles. The molecule has 0 aromatic rings. The zero-order valence-corrected chi connectivity index (χ0v) is 17.1. The Kier molecular flexibility index (Phi) is 13.6. The highest BCUT2D eigenvalue weighted by Crippen LogP contribution is 2.15. The lowest BCUT2D eigenvalue weighted by atomic mass is 10.4. The smallest absolute Gasteiger partial charge is 0.391 e. The summed E-state index contributed by atoms with van der Waals surface area (Å²) in [7, 11) is -5.48. The van der Waals surface area contributed by atoms with Gasteiger partial charge in [0, 0.05) is 39.6 Å². The number of rotatable bonds is 16. The first kappa shape index (κ1) is 23.2. The first-order chi connectivity index (χ1) is 11.1. The van der Waals surface area contributed by atoms with Gasteiger partial charge in [-0.3, -0.25) is 0 Å². The van der Waals surface area contributed by atoms with Gasteiger partial charge >= 0.3 is 25.8 Å². The van der Waals surface area contributed by atoms with Crippen LogP contribution in [-0.2, 0) is 35.2 Å². The molecule has 0 aliphatic rings. The number of hydrogen-bond donors (Lipinski definition) is 0. The van der Waals surface area contributed by atoms with Crippen molar-refractivity contribution in [3.63, 3.8) is 0 Å². The summed E-state index contributed by atoms with van der Waals surface area (Å²) >= 11 is 0. The van der Waals surface area contributed by atoms with Gasteiger partial charge < -0.3 is 35.2 Å². The second kappa shape index (κ2) is 13.5. The zero-order valence-electron chi connectivity index (χ0n) is 15.1. The molecular weight excluding hydrogens is 339 g/mol. The SMILES string of the molecule is CCO[Si](O[B]O[Si](OCC)(OCC)OCC)(OCC)OCC. The summed E-state index contributed by atoms with van der Waals surface area (Å²) in [5.74, 6) is 0. The van der Waals surface area contributed by atoms with Gasteiger partial charge in [0.25, 0.3) is 0 Å². The van der Waals surface area contributed by atoms with Crippen LogP contribution >= 0.6 is 0 Å². The highest BCUT2D eigenvalue weighted by molar-refractivity contribution is 6.64. The van der Waals surface area contributed by atoms with Gasteiger partial charge in [0.05, 0.1) is 0 Å². The van der Waals surface area contributed by atoms with Crippen LogP contribution in [0.3, 0.4) is 0 Å². The van der Waals surface area contributed by atoms with Gasteiger partial charge in [-0.05, 0) is 41.5 Å². The van der Waals surface area contributed by atoms with Crippen molar-refractivity contribution in [3.05, 3.63) is 0 Å². The van der Waals surface area contributed by atoms with Crippen molar-refractivity contribution in [2.45, 2.75) is 41.5 Å². The Bertz CT molecular complexity index is 228. The molecular formula is C12H30BO8Si2. The van der Waals surface area contributed by atoms with E-state index in [0.717, 1.165) is 7.69 Å². The predicted octanol–water partition coefficient (Wildman–Crippen LogP) is 1.64. The van der Waals surface area contributed by atoms with E-state index in [4.69, 9.17) is 35.2 Å². The molecule has 1 radical (unpaired) electrons. The fourth-order valence-corrected chi connectivity index (χ4v) is 5.11. The first-order valence-electron chi connectivity index (χ1n) is 8.08. The molecule has 8 nitrogen and oxygen atoms in total. The molecule has 0 amide bonds. The molecule has 0 aromatic carbocycles. The van der Waals surface area contributed by atoms with Crippen LogP contribution in [0.1, 0.15) is 41.5 Å². The van der Waals surface area contributed by atoms with Crippen molar-refractivity contribution in [1.29, 1.82) is 0 Å². The van der Waals surface area contributed by atoms with Gasteiger partial charge in [0.15, 0.2) is 0 Å². The highest BCUT2D eigenvalue weighted by Gasteiger charge is 2.49. The Morgan fingerprint density at radius 3 is 0.870 bits per heavy atom. The molecule has 0 N–H and O–H groups in total. The van der Waals surface area contributed by atoms with E-state index in [9.17, 15) is 0 Å². The molecule has 0 unspecified atom stereocenters. The molecule has 0 saturated heterocycles. The van der Waals surface area contributed by atoms with Gasteiger partial charge in [0.2, 0.25) is 0 Å². The van der Waals surface area contributed by atoms with Crippen LogP contribution in [0.25, 0.3) is 0 Å². The monoisotopic (exact) mass is 369 g/mol. The minimum Gasteiger partial charge on any atom is -0.391 e. The average Bonchev–Trinajstić information content (AvgIpc) is 2.49. The Hall–Kier alpha value is 0.179. The topological polar surface area (TPSA) is 73.8 Å². The second-order valence-electron chi connectivity index (χ2n) is 3.93. The van der Waals surface area contributed by atoms with Gasteiger partial charge in [-0.15, -0.1) is 0 Å². The summed E-state index contributed by atoms with van der Waals surface area (Å²) < 4.78 is 44.5. The van der Waals surface area contributed by atoms with E-state index in [0.29, 0.717) is 39.6 Å². The van der Waals surface area contributed by atoms with E-state index < -0.39 is 18.1 Å². The Labute approximate surface area is 142 Å². The Morgan fingerprint density at radius 1 is 0.478 bits per heavy atom. The van der Waals surface area contributed by atoms with Gasteiger partial charge in [-0.2, -0.15) is 0 Å². The fourth-order valence-electron chi connectivity index (χ4n) is 1.66. The zero-order chi connectivity index (χ0) is 17.6. The minimum atomic E-state index is -3.29. The lowest BCUT2D eigenvalue weighted by Gasteiger charge is -2.30. The maximum absolute atomic E-state index is 5.57. The summed E-state index contributed by atoms with van der Waals surface area (Å²) in [6.07, 6.45) is 0. The molecule has 0 aromatic heterocycles. The summed E-state index contributed by atoms with van der Waals surface area (Å²) in [5, 5.41) is 0. The van der Waals surface area contributed by atoms with Gasteiger partial charge in [0.1, 0.15) is 0 Å². The van der Waals surface area contributed by atoms with E-state index in [1.54, 1.807) is 0 Å². The fraction of sp³-hybridized carbons (Fsp3) is 1.00. The lowest BCUT2D eigenvalue weighted by Crippen LogP contribution is -2.54. The van der Waals surface area contributed by atoms with Crippen LogP contribution < -0.4 is 0 Å². The van der Waals surface area contributed by atoms with Crippen molar-refractivity contribution in [2.24, 2.45) is 0 Å². The van der Waals surface area contributed by atoms with E-state index >= 15 is 0 Å². The molecule has 0 bridgehead atoms. The molecule has 0 spiro atoms. The van der Waals surface area contributed by atoms with Crippen LogP contribution in [0.15, 0.2) is 0 Å². The molecule has 23 heavy (non-hydrogen) atoms. The van der Waals surface area contributed by atoms with Crippen molar-refractivity contribution in [1.82, 2.24) is 0 Å². The van der Waals surface area contributed by atoms with Crippen molar-refractivity contribution >= 4 is 25.8 Å². The van der Waals surface area contributed by atoms with Crippen LogP contribution in [0.2, 0.25) is 0 Å². The highest BCUT2D eigenvalue weighted by atomic mass is 28.4. The minimum absolute atomic E-state index is 0.394. The van der Waals surface area contributed by atoms with Gasteiger partial charge in [-0.25, -0.2) is 0 Å². The normalized spacial score (nSPS) is 12.6. The maximum Gasteiger partial charge on any atom is 0.665 e. The maximum atomic E-state index is 5.57. The Balaban J connectivity index is 4.82. The van der Waals surface area contributed by atoms with Crippen molar-refractivity contribution in [2.75, 3.05) is 39.6 Å². The van der Waals surface area contributed by atoms with E-state index in [1.807, 2.05) is 41.5 Å². The Morgan fingerprint density at radius 2 is 0.696 bits per heavy atom. The summed E-state index contributed by atoms with van der Waals surface area (Å²) in [6.45, 7) is 13.4. The lowest BCUT2D eigenvalue weighted by molar-refractivity contribution is -0.0104. The van der Waals surface area contributed by atoms with Crippen LogP contribution in [-0.4, -0.2) is 65.4 Å². The average molecular weight is 369 g/mol. The largest absolute Gasteiger partial charge is 0.665 e. The molecule has 0 saturated carbocycles. The van der Waals surface area contributed by atoms with Gasteiger partial charge in [-0.1, -0.05) is 0 Å². The first-order valence-corrected chi connectivity index (χ1v) is 11.3. The third-order valence-corrected chi connectivity index (χ3v) is 6.93. The number of hydrogen-bond acceptors (Lipinski definition) is 8. The summed E-state index contributed by atoms with van der Waals surface area (Å²) in [5.41, 5.74) is 0. The third kappa shape index (κ3) is 8.72. The van der Waals surface area contributed by atoms with Crippen molar-refractivity contribution < 1.29 is 35.2 Å². The third-order valence-electron chi connectivity index (χ3n) is 2.31. The predicted molar refractivity (Wildman–Crippen MR) is 89.2 cm³/mol. The second-order valence-corrected chi connectivity index (χ2v) is 8.13. The molecule has 0 aliphatic heterocycles. The molecule has 137 valence electrons. The van der Waals surface area contributed by atoms with Crippen LogP contribution in [0.5, 0.6) is 0 Å². The molecule has 0 heterocycles. The van der Waals surface area contributed by atoms with Crippen molar-refractivity contribution in [3.8, 4) is 0 Å². The van der Waals surface area contributed by atoms with Crippen LogP contribution in [0.4, 0.5) is 0 Å². The molecule has 0 atom stereocenters. The molecule has 0 fully saturated rings. The van der Waals surface area contributed by atoms with Crippen LogP contribution in [0, 0.1) is 0 Å². The van der Waals surface area contributed by atoms with E-state index in [1.165, 1.54) is 0 Å². The van der Waals surface area contributed by atoms with E-state index in [2.05, 4.69) is 0 Å². The van der Waals surface area contributed by atoms with E-state index in [-0.39, 0.29) is 0 Å². The standard InChI is InChI=1S/C12H30BO8Si2/c1-7-14-22(15-8-2,16-9-3)20-13-21-23(17-10-4,18-11-5)19-12-6/h7-12H2,1-6H3. The summed E-state index contributed by atoms with van der Waals surface area (Å²) in [4.78, 5) is 0. The summed E-state index contributed by atoms with van der Waals surface area (Å²) in [6, 6.07) is 0. The quantitative estimate of drug-likeness (QED) is 0.380. The molecule has 0 rings (SSSR count).